The van der Waals surface area contributed by atoms with Crippen molar-refractivity contribution in [1.82, 2.24) is 5.32 Å². The zero-order valence-electron chi connectivity index (χ0n) is 14.5. The third-order valence-corrected chi connectivity index (χ3v) is 4.82. The molecule has 27 heavy (non-hydrogen) atoms. The Balaban J connectivity index is 1.70. The van der Waals surface area contributed by atoms with Gasteiger partial charge in [-0.15, -0.1) is 0 Å². The zero-order valence-corrected chi connectivity index (χ0v) is 14.5. The molecule has 2 aromatic carbocycles. The van der Waals surface area contributed by atoms with Crippen LogP contribution >= 0.6 is 0 Å². The molecule has 3 rings (SSSR count). The van der Waals surface area contributed by atoms with Crippen LogP contribution in [0.2, 0.25) is 0 Å². The highest BCUT2D eigenvalue weighted by molar-refractivity contribution is 6.01. The predicted molar refractivity (Wildman–Crippen MR) is 97.0 cm³/mol. The first kappa shape index (κ1) is 18.6. The quantitative estimate of drug-likeness (QED) is 0.729. The fraction of sp³-hybridized carbons (Fsp3) is 0.250. The Morgan fingerprint density at radius 1 is 1.07 bits per heavy atom. The van der Waals surface area contributed by atoms with Gasteiger partial charge in [-0.2, -0.15) is 0 Å². The first-order chi connectivity index (χ1) is 12.9. The third-order valence-electron chi connectivity index (χ3n) is 4.82. The van der Waals surface area contributed by atoms with Gasteiger partial charge >= 0.3 is 5.97 Å². The van der Waals surface area contributed by atoms with Gasteiger partial charge in [-0.1, -0.05) is 18.6 Å². The number of hydrogen-bond acceptors (Lipinski definition) is 3. The highest BCUT2D eigenvalue weighted by atomic mass is 19.1. The number of halogens is 1. The van der Waals surface area contributed by atoms with Crippen LogP contribution in [0.25, 0.3) is 0 Å². The average Bonchev–Trinajstić information content (AvgIpc) is 2.59. The summed E-state index contributed by atoms with van der Waals surface area (Å²) in [6.07, 6.45) is 2.20. The fourth-order valence-corrected chi connectivity index (χ4v) is 3.18. The Hall–Kier alpha value is -3.22. The molecule has 2 aromatic rings. The first-order valence-corrected chi connectivity index (χ1v) is 8.58. The largest absolute Gasteiger partial charge is 0.480 e. The number of carboxylic acid groups (broad SMARTS) is 1. The molecule has 140 valence electrons. The summed E-state index contributed by atoms with van der Waals surface area (Å²) in [6, 6.07) is 12.3. The lowest BCUT2D eigenvalue weighted by Crippen LogP contribution is -2.46. The Bertz CT molecular complexity index is 876. The molecule has 3 N–H and O–H groups in total. The molecular formula is C20H19FN2O4. The van der Waals surface area contributed by atoms with Gasteiger partial charge < -0.3 is 15.7 Å². The number of carbonyl (C=O) groups is 3. The van der Waals surface area contributed by atoms with Crippen molar-refractivity contribution in [3.05, 3.63) is 65.5 Å². The summed E-state index contributed by atoms with van der Waals surface area (Å²) in [5, 5.41) is 13.7. The molecule has 1 aliphatic carbocycles. The van der Waals surface area contributed by atoms with Gasteiger partial charge in [0, 0.05) is 11.3 Å². The number of amides is 2. The van der Waals surface area contributed by atoms with E-state index in [1.165, 1.54) is 24.3 Å². The van der Waals surface area contributed by atoms with Crippen LogP contribution in [0.15, 0.2) is 48.5 Å². The van der Waals surface area contributed by atoms with Crippen molar-refractivity contribution < 1.29 is 23.9 Å². The minimum atomic E-state index is -1.13. The molecule has 6 nitrogen and oxygen atoms in total. The Morgan fingerprint density at radius 2 is 1.78 bits per heavy atom. The van der Waals surface area contributed by atoms with Crippen LogP contribution in [0.3, 0.4) is 0 Å². The number of benzene rings is 2. The summed E-state index contributed by atoms with van der Waals surface area (Å²) in [7, 11) is 0. The van der Waals surface area contributed by atoms with Crippen LogP contribution in [0.1, 0.15) is 35.2 Å². The Morgan fingerprint density at radius 3 is 2.33 bits per heavy atom. The molecule has 7 heteroatoms. The maximum atomic E-state index is 13.6. The number of carbonyl (C=O) groups excluding carboxylic acids is 2. The molecule has 0 radical (unpaired) electrons. The highest BCUT2D eigenvalue weighted by Gasteiger charge is 2.45. The van der Waals surface area contributed by atoms with E-state index in [1.807, 2.05) is 0 Å². The molecule has 0 aromatic heterocycles. The third kappa shape index (κ3) is 3.97. The molecule has 0 bridgehead atoms. The molecule has 0 atom stereocenters. The van der Waals surface area contributed by atoms with Gasteiger partial charge in [-0.05, 0) is 54.8 Å². The second-order valence-electron chi connectivity index (χ2n) is 6.55. The van der Waals surface area contributed by atoms with Crippen molar-refractivity contribution in [2.24, 2.45) is 0 Å². The van der Waals surface area contributed by atoms with E-state index in [-0.39, 0.29) is 17.3 Å². The van der Waals surface area contributed by atoms with E-state index in [9.17, 15) is 18.8 Å². The Labute approximate surface area is 155 Å². The number of aliphatic carboxylic acids is 1. The molecule has 1 fully saturated rings. The van der Waals surface area contributed by atoms with E-state index in [0.29, 0.717) is 24.1 Å². The van der Waals surface area contributed by atoms with E-state index in [0.717, 1.165) is 6.42 Å². The van der Waals surface area contributed by atoms with E-state index in [4.69, 9.17) is 5.11 Å². The van der Waals surface area contributed by atoms with Gasteiger partial charge in [-0.25, -0.2) is 4.39 Å². The number of rotatable bonds is 6. The van der Waals surface area contributed by atoms with Crippen molar-refractivity contribution in [3.63, 3.8) is 0 Å². The van der Waals surface area contributed by atoms with Crippen molar-refractivity contribution in [2.75, 3.05) is 11.9 Å². The van der Waals surface area contributed by atoms with Gasteiger partial charge in [0.1, 0.15) is 12.4 Å². The SMILES string of the molecule is O=C(O)CNC(=O)c1ccc(NC(=O)C2(c3cccc(F)c3)CCC2)cc1. The molecule has 1 aliphatic rings. The lowest BCUT2D eigenvalue weighted by molar-refractivity contribution is -0.135. The maximum Gasteiger partial charge on any atom is 0.322 e. The monoisotopic (exact) mass is 370 g/mol. The molecule has 0 unspecified atom stereocenters. The number of carboxylic acids is 1. The minimum absolute atomic E-state index is 0.206. The molecule has 0 saturated heterocycles. The lowest BCUT2D eigenvalue weighted by Gasteiger charge is -2.40. The van der Waals surface area contributed by atoms with Crippen LogP contribution in [-0.4, -0.2) is 29.4 Å². The van der Waals surface area contributed by atoms with Crippen molar-refractivity contribution >= 4 is 23.5 Å². The number of hydrogen-bond donors (Lipinski definition) is 3. The summed E-state index contributed by atoms with van der Waals surface area (Å²) in [5.74, 6) is -2.22. The van der Waals surface area contributed by atoms with E-state index < -0.39 is 23.8 Å². The average molecular weight is 370 g/mol. The summed E-state index contributed by atoms with van der Waals surface area (Å²) in [5.41, 5.74) is 0.728. The van der Waals surface area contributed by atoms with Gasteiger partial charge in [-0.3, -0.25) is 14.4 Å². The summed E-state index contributed by atoms with van der Waals surface area (Å²) in [4.78, 5) is 35.2. The molecule has 0 heterocycles. The summed E-state index contributed by atoms with van der Waals surface area (Å²) < 4.78 is 13.6. The second kappa shape index (κ2) is 7.57. The van der Waals surface area contributed by atoms with Gasteiger partial charge in [0.25, 0.3) is 5.91 Å². The first-order valence-electron chi connectivity index (χ1n) is 8.58. The lowest BCUT2D eigenvalue weighted by atomic mass is 9.63. The number of nitrogens with one attached hydrogen (secondary N) is 2. The van der Waals surface area contributed by atoms with E-state index in [2.05, 4.69) is 10.6 Å². The molecular weight excluding hydrogens is 351 g/mol. The smallest absolute Gasteiger partial charge is 0.322 e. The molecule has 0 spiro atoms. The second-order valence-corrected chi connectivity index (χ2v) is 6.55. The van der Waals surface area contributed by atoms with Crippen LogP contribution in [0.4, 0.5) is 10.1 Å². The minimum Gasteiger partial charge on any atom is -0.480 e. The molecule has 1 saturated carbocycles. The summed E-state index contributed by atoms with van der Waals surface area (Å²) >= 11 is 0. The van der Waals surface area contributed by atoms with Gasteiger partial charge in [0.2, 0.25) is 5.91 Å². The van der Waals surface area contributed by atoms with Crippen LogP contribution in [-0.2, 0) is 15.0 Å². The van der Waals surface area contributed by atoms with Crippen LogP contribution in [0.5, 0.6) is 0 Å². The zero-order chi connectivity index (χ0) is 19.4. The molecule has 2 amide bonds. The van der Waals surface area contributed by atoms with Crippen molar-refractivity contribution in [2.45, 2.75) is 24.7 Å². The summed E-state index contributed by atoms with van der Waals surface area (Å²) in [6.45, 7) is -0.465. The van der Waals surface area contributed by atoms with E-state index in [1.54, 1.807) is 24.3 Å². The fourth-order valence-electron chi connectivity index (χ4n) is 3.18. The van der Waals surface area contributed by atoms with Crippen molar-refractivity contribution in [3.8, 4) is 0 Å². The normalized spacial score (nSPS) is 14.7. The van der Waals surface area contributed by atoms with Crippen LogP contribution in [0, 0.1) is 5.82 Å². The van der Waals surface area contributed by atoms with Gasteiger partial charge in [0.05, 0.1) is 5.41 Å². The van der Waals surface area contributed by atoms with Crippen LogP contribution < -0.4 is 10.6 Å². The van der Waals surface area contributed by atoms with Gasteiger partial charge in [0.15, 0.2) is 0 Å². The molecule has 0 aliphatic heterocycles. The number of anilines is 1. The topological polar surface area (TPSA) is 95.5 Å². The highest BCUT2D eigenvalue weighted by Crippen LogP contribution is 2.44. The standard InChI is InChI=1S/C20H19FN2O4/c21-15-4-1-3-14(11-15)20(9-2-10-20)19(27)23-16-7-5-13(6-8-16)18(26)22-12-17(24)25/h1,3-8,11H,2,9-10,12H2,(H,22,26)(H,23,27)(H,24,25). The van der Waals surface area contributed by atoms with E-state index >= 15 is 0 Å². The van der Waals surface area contributed by atoms with Crippen molar-refractivity contribution in [1.29, 1.82) is 0 Å². The Kier molecular flexibility index (Phi) is 5.21. The maximum absolute atomic E-state index is 13.6. The predicted octanol–water partition coefficient (Wildman–Crippen LogP) is 2.70.